The highest BCUT2D eigenvalue weighted by Crippen LogP contribution is 2.44. The molecule has 196 valence electrons. The number of fused-ring (bicyclic) bond motifs is 6. The summed E-state index contributed by atoms with van der Waals surface area (Å²) >= 11 is 8.03. The molecule has 8 aromatic rings. The zero-order valence-electron chi connectivity index (χ0n) is 22.1. The zero-order chi connectivity index (χ0) is 27.5. The summed E-state index contributed by atoms with van der Waals surface area (Å²) in [5.74, 6) is 0. The summed E-state index contributed by atoms with van der Waals surface area (Å²) in [6.45, 7) is 2.12. The van der Waals surface area contributed by atoms with Crippen molar-refractivity contribution in [2.24, 2.45) is 0 Å². The van der Waals surface area contributed by atoms with Crippen molar-refractivity contribution >= 4 is 82.1 Å². The molecule has 0 aliphatic heterocycles. The SMILES string of the molecule is Cc1ccc(N(c2ccc3c(c2)sc2cc(-c4cncc(Cl)c4)ccc23)c2cccc3c2oc2ccccc23)cc1. The molecule has 3 nitrogen and oxygen atoms in total. The number of nitrogens with zero attached hydrogens (tertiary/aromatic N) is 2. The van der Waals surface area contributed by atoms with Gasteiger partial charge in [0.05, 0.1) is 10.7 Å². The van der Waals surface area contributed by atoms with Gasteiger partial charge in [-0.1, -0.05) is 77.8 Å². The largest absolute Gasteiger partial charge is 0.454 e. The van der Waals surface area contributed by atoms with E-state index in [0.29, 0.717) is 5.02 Å². The molecule has 0 fully saturated rings. The number of benzene rings is 5. The van der Waals surface area contributed by atoms with Crippen LogP contribution < -0.4 is 4.90 Å². The van der Waals surface area contributed by atoms with E-state index < -0.39 is 0 Å². The second-order valence-electron chi connectivity index (χ2n) is 10.3. The number of rotatable bonds is 4. The van der Waals surface area contributed by atoms with Gasteiger partial charge in [0.25, 0.3) is 0 Å². The number of anilines is 3. The molecule has 3 heterocycles. The van der Waals surface area contributed by atoms with Crippen LogP contribution >= 0.6 is 22.9 Å². The summed E-state index contributed by atoms with van der Waals surface area (Å²) in [7, 11) is 0. The summed E-state index contributed by atoms with van der Waals surface area (Å²) in [5, 5.41) is 5.37. The Hall–Kier alpha value is -4.64. The van der Waals surface area contributed by atoms with Crippen LogP contribution in [-0.2, 0) is 0 Å². The predicted molar refractivity (Wildman–Crippen MR) is 174 cm³/mol. The van der Waals surface area contributed by atoms with Gasteiger partial charge in [0, 0.05) is 60.3 Å². The van der Waals surface area contributed by atoms with E-state index in [0.717, 1.165) is 50.1 Å². The first kappa shape index (κ1) is 24.2. The van der Waals surface area contributed by atoms with E-state index in [-0.39, 0.29) is 0 Å². The molecular formula is C36H23ClN2OS. The van der Waals surface area contributed by atoms with Gasteiger partial charge in [-0.25, -0.2) is 0 Å². The number of para-hydroxylation sites is 2. The average Bonchev–Trinajstić information content (AvgIpc) is 3.56. The molecule has 3 aromatic heterocycles. The summed E-state index contributed by atoms with van der Waals surface area (Å²) in [5.41, 5.74) is 8.30. The minimum atomic E-state index is 0.638. The molecule has 0 aliphatic carbocycles. The highest BCUT2D eigenvalue weighted by atomic mass is 35.5. The topological polar surface area (TPSA) is 29.3 Å². The highest BCUT2D eigenvalue weighted by Gasteiger charge is 2.20. The third kappa shape index (κ3) is 4.07. The number of pyridine rings is 1. The lowest BCUT2D eigenvalue weighted by Crippen LogP contribution is -2.10. The Morgan fingerprint density at radius 3 is 2.27 bits per heavy atom. The van der Waals surface area contributed by atoms with Gasteiger partial charge in [-0.15, -0.1) is 11.3 Å². The van der Waals surface area contributed by atoms with E-state index in [1.165, 1.54) is 25.7 Å². The van der Waals surface area contributed by atoms with E-state index in [2.05, 4.69) is 108 Å². The second kappa shape index (κ2) is 9.48. The lowest BCUT2D eigenvalue weighted by molar-refractivity contribution is 0.669. The van der Waals surface area contributed by atoms with Crippen LogP contribution in [0, 0.1) is 6.92 Å². The number of furan rings is 1. The van der Waals surface area contributed by atoms with Crippen molar-refractivity contribution in [3.8, 4) is 11.1 Å². The molecule has 0 unspecified atom stereocenters. The number of halogens is 1. The summed E-state index contributed by atoms with van der Waals surface area (Å²) < 4.78 is 8.94. The first-order valence-corrected chi connectivity index (χ1v) is 14.7. The Morgan fingerprint density at radius 2 is 1.41 bits per heavy atom. The highest BCUT2D eigenvalue weighted by molar-refractivity contribution is 7.25. The Morgan fingerprint density at radius 1 is 0.659 bits per heavy atom. The van der Waals surface area contributed by atoms with Crippen LogP contribution in [0.3, 0.4) is 0 Å². The number of hydrogen-bond donors (Lipinski definition) is 0. The number of aryl methyl sites for hydroxylation is 1. The molecule has 41 heavy (non-hydrogen) atoms. The zero-order valence-corrected chi connectivity index (χ0v) is 23.7. The maximum absolute atomic E-state index is 6.48. The fourth-order valence-electron chi connectivity index (χ4n) is 5.68. The van der Waals surface area contributed by atoms with Gasteiger partial charge in [-0.3, -0.25) is 4.98 Å². The monoisotopic (exact) mass is 566 g/mol. The first-order chi connectivity index (χ1) is 20.1. The molecule has 0 saturated carbocycles. The van der Waals surface area contributed by atoms with E-state index in [1.807, 2.05) is 24.4 Å². The molecule has 8 rings (SSSR count). The number of thiophene rings is 1. The normalized spacial score (nSPS) is 11.7. The van der Waals surface area contributed by atoms with Crippen LogP contribution in [0.15, 0.2) is 126 Å². The quantitative estimate of drug-likeness (QED) is 0.212. The van der Waals surface area contributed by atoms with Gasteiger partial charge >= 0.3 is 0 Å². The predicted octanol–water partition coefficient (Wildman–Crippen LogP) is 11.4. The molecule has 0 saturated heterocycles. The fraction of sp³-hybridized carbons (Fsp3) is 0.0278. The Balaban J connectivity index is 1.32. The smallest absolute Gasteiger partial charge is 0.159 e. The molecule has 0 aliphatic rings. The molecule has 5 heteroatoms. The molecule has 0 radical (unpaired) electrons. The third-order valence-corrected chi connectivity index (χ3v) is 8.99. The van der Waals surface area contributed by atoms with E-state index in [9.17, 15) is 0 Å². The Labute approximate surface area is 245 Å². The van der Waals surface area contributed by atoms with Crippen molar-refractivity contribution in [3.63, 3.8) is 0 Å². The molecule has 0 spiro atoms. The van der Waals surface area contributed by atoms with Crippen molar-refractivity contribution in [2.45, 2.75) is 6.92 Å². The van der Waals surface area contributed by atoms with E-state index >= 15 is 0 Å². The molecule has 0 N–H and O–H groups in total. The van der Waals surface area contributed by atoms with Crippen LogP contribution in [0.25, 0.3) is 53.2 Å². The van der Waals surface area contributed by atoms with Gasteiger partial charge in [0.2, 0.25) is 0 Å². The second-order valence-corrected chi connectivity index (χ2v) is 11.8. The molecule has 0 atom stereocenters. The fourth-order valence-corrected chi connectivity index (χ4v) is 7.04. The van der Waals surface area contributed by atoms with Gasteiger partial charge in [0.15, 0.2) is 5.58 Å². The van der Waals surface area contributed by atoms with E-state index in [1.54, 1.807) is 17.5 Å². The first-order valence-electron chi connectivity index (χ1n) is 13.5. The van der Waals surface area contributed by atoms with Crippen molar-refractivity contribution in [2.75, 3.05) is 4.90 Å². The molecule has 5 aromatic carbocycles. The van der Waals surface area contributed by atoms with Crippen LogP contribution in [0.5, 0.6) is 0 Å². The lowest BCUT2D eigenvalue weighted by atomic mass is 10.0. The standard InChI is InChI=1S/C36H23ClN2OS/c1-22-9-12-26(13-10-22)39(32-7-4-6-31-28-5-2-3-8-33(28)40-36(31)32)27-14-16-30-29-15-11-23(18-34(29)41-35(30)19-27)24-17-25(37)21-38-20-24/h2-21H,1H3. The Bertz CT molecular complexity index is 2250. The van der Waals surface area contributed by atoms with Crippen molar-refractivity contribution in [1.29, 1.82) is 0 Å². The summed E-state index contributed by atoms with van der Waals surface area (Å²) in [6.07, 6.45) is 3.52. The molecule has 0 bridgehead atoms. The van der Waals surface area contributed by atoms with Gasteiger partial charge in [0.1, 0.15) is 5.58 Å². The van der Waals surface area contributed by atoms with Gasteiger partial charge in [-0.05, 0) is 61.0 Å². The summed E-state index contributed by atoms with van der Waals surface area (Å²) in [6, 6.07) is 38.6. The minimum Gasteiger partial charge on any atom is -0.454 e. The lowest BCUT2D eigenvalue weighted by Gasteiger charge is -2.25. The maximum Gasteiger partial charge on any atom is 0.159 e. The molecular weight excluding hydrogens is 544 g/mol. The van der Waals surface area contributed by atoms with Crippen molar-refractivity contribution in [1.82, 2.24) is 4.98 Å². The maximum atomic E-state index is 6.48. The average molecular weight is 567 g/mol. The van der Waals surface area contributed by atoms with Crippen LogP contribution in [0.4, 0.5) is 17.1 Å². The van der Waals surface area contributed by atoms with Crippen LogP contribution in [0.2, 0.25) is 5.02 Å². The third-order valence-electron chi connectivity index (χ3n) is 7.67. The van der Waals surface area contributed by atoms with Gasteiger partial charge < -0.3 is 9.32 Å². The van der Waals surface area contributed by atoms with Crippen molar-refractivity contribution in [3.05, 3.63) is 132 Å². The number of aromatic nitrogens is 1. The van der Waals surface area contributed by atoms with Crippen molar-refractivity contribution < 1.29 is 4.42 Å². The number of hydrogen-bond acceptors (Lipinski definition) is 4. The van der Waals surface area contributed by atoms with Crippen LogP contribution in [0.1, 0.15) is 5.56 Å². The van der Waals surface area contributed by atoms with Crippen LogP contribution in [-0.4, -0.2) is 4.98 Å². The molecule has 0 amide bonds. The van der Waals surface area contributed by atoms with E-state index in [4.69, 9.17) is 16.0 Å². The minimum absolute atomic E-state index is 0.638. The van der Waals surface area contributed by atoms with Gasteiger partial charge in [-0.2, -0.15) is 0 Å². The summed E-state index contributed by atoms with van der Waals surface area (Å²) in [4.78, 5) is 6.57. The Kier molecular flexibility index (Phi) is 5.59.